The van der Waals surface area contributed by atoms with E-state index in [0.29, 0.717) is 0 Å². The minimum Gasteiger partial charge on any atom is -0.249 e. The SMILES string of the molecule is CCn1nnc2c1CC[C@H]1C[C@H]1CC2. The first-order valence-electron chi connectivity index (χ1n) is 5.79. The average Bonchev–Trinajstić information content (AvgIpc) is 2.79. The largest absolute Gasteiger partial charge is 0.249 e. The van der Waals surface area contributed by atoms with E-state index in [9.17, 15) is 0 Å². The summed E-state index contributed by atoms with van der Waals surface area (Å²) in [7, 11) is 0. The first-order chi connectivity index (χ1) is 6.88. The summed E-state index contributed by atoms with van der Waals surface area (Å²) < 4.78 is 2.08. The molecule has 0 amide bonds. The third kappa shape index (κ3) is 1.26. The van der Waals surface area contributed by atoms with Crippen LogP contribution in [0.15, 0.2) is 0 Å². The Morgan fingerprint density at radius 2 is 2.07 bits per heavy atom. The Hall–Kier alpha value is -0.860. The molecular weight excluding hydrogens is 174 g/mol. The smallest absolute Gasteiger partial charge is 0.0859 e. The molecule has 1 saturated carbocycles. The van der Waals surface area contributed by atoms with Gasteiger partial charge in [0.2, 0.25) is 0 Å². The molecule has 1 aromatic rings. The first-order valence-corrected chi connectivity index (χ1v) is 5.79. The maximum absolute atomic E-state index is 4.30. The molecule has 14 heavy (non-hydrogen) atoms. The number of nitrogens with zero attached hydrogens (tertiary/aromatic N) is 3. The molecular formula is C11H17N3. The van der Waals surface area contributed by atoms with Crippen molar-refractivity contribution in [1.29, 1.82) is 0 Å². The van der Waals surface area contributed by atoms with Crippen LogP contribution in [0.2, 0.25) is 0 Å². The van der Waals surface area contributed by atoms with Crippen LogP contribution >= 0.6 is 0 Å². The van der Waals surface area contributed by atoms with Gasteiger partial charge in [0, 0.05) is 6.54 Å². The zero-order valence-corrected chi connectivity index (χ0v) is 8.74. The van der Waals surface area contributed by atoms with Crippen LogP contribution in [-0.2, 0) is 19.4 Å². The summed E-state index contributed by atoms with van der Waals surface area (Å²) in [6.45, 7) is 3.12. The molecule has 0 unspecified atom stereocenters. The maximum atomic E-state index is 4.30. The molecule has 0 aliphatic heterocycles. The van der Waals surface area contributed by atoms with Crippen LogP contribution in [0.1, 0.15) is 37.6 Å². The van der Waals surface area contributed by atoms with E-state index < -0.39 is 0 Å². The summed E-state index contributed by atoms with van der Waals surface area (Å²) in [6.07, 6.45) is 6.56. The number of hydrogen-bond acceptors (Lipinski definition) is 2. The molecule has 0 N–H and O–H groups in total. The fourth-order valence-corrected chi connectivity index (χ4v) is 2.75. The summed E-state index contributed by atoms with van der Waals surface area (Å²) in [5.74, 6) is 2.05. The van der Waals surface area contributed by atoms with Gasteiger partial charge in [-0.1, -0.05) is 5.21 Å². The van der Waals surface area contributed by atoms with Gasteiger partial charge in [-0.25, -0.2) is 4.68 Å². The molecule has 1 fully saturated rings. The zero-order valence-electron chi connectivity index (χ0n) is 8.74. The van der Waals surface area contributed by atoms with Crippen LogP contribution in [0.4, 0.5) is 0 Å². The second-order valence-electron chi connectivity index (χ2n) is 4.63. The molecule has 0 radical (unpaired) electrons. The van der Waals surface area contributed by atoms with Gasteiger partial charge in [0.1, 0.15) is 0 Å². The van der Waals surface area contributed by atoms with Crippen LogP contribution < -0.4 is 0 Å². The highest BCUT2D eigenvalue weighted by Crippen LogP contribution is 2.46. The molecule has 0 bridgehead atoms. The van der Waals surface area contributed by atoms with Crippen molar-refractivity contribution in [3.63, 3.8) is 0 Å². The van der Waals surface area contributed by atoms with Gasteiger partial charge in [-0.3, -0.25) is 0 Å². The van der Waals surface area contributed by atoms with E-state index in [1.54, 1.807) is 0 Å². The minimum atomic E-state index is 0.969. The van der Waals surface area contributed by atoms with Crippen molar-refractivity contribution in [2.24, 2.45) is 11.8 Å². The van der Waals surface area contributed by atoms with Crippen molar-refractivity contribution in [3.8, 4) is 0 Å². The van der Waals surface area contributed by atoms with Crippen molar-refractivity contribution >= 4 is 0 Å². The molecule has 1 aromatic heterocycles. The van der Waals surface area contributed by atoms with Crippen LogP contribution in [0.3, 0.4) is 0 Å². The molecule has 3 nitrogen and oxygen atoms in total. The lowest BCUT2D eigenvalue weighted by atomic mass is 10.0. The topological polar surface area (TPSA) is 30.7 Å². The summed E-state index contributed by atoms with van der Waals surface area (Å²) in [6, 6.07) is 0. The Labute approximate surface area is 84.5 Å². The molecule has 3 heteroatoms. The second-order valence-corrected chi connectivity index (χ2v) is 4.63. The predicted octanol–water partition coefficient (Wildman–Crippen LogP) is 1.81. The Kier molecular flexibility index (Phi) is 1.85. The lowest BCUT2D eigenvalue weighted by Gasteiger charge is -2.09. The third-order valence-electron chi connectivity index (χ3n) is 3.79. The van der Waals surface area contributed by atoms with Crippen LogP contribution in [0, 0.1) is 11.8 Å². The van der Waals surface area contributed by atoms with E-state index in [0.717, 1.165) is 24.8 Å². The highest BCUT2D eigenvalue weighted by molar-refractivity contribution is 5.13. The van der Waals surface area contributed by atoms with Crippen molar-refractivity contribution in [2.75, 3.05) is 0 Å². The van der Waals surface area contributed by atoms with Gasteiger partial charge in [0.05, 0.1) is 11.4 Å². The van der Waals surface area contributed by atoms with Gasteiger partial charge in [-0.2, -0.15) is 0 Å². The summed E-state index contributed by atoms with van der Waals surface area (Å²) in [5, 5.41) is 8.50. The Morgan fingerprint density at radius 3 is 2.86 bits per heavy atom. The van der Waals surface area contributed by atoms with Crippen LogP contribution in [0.5, 0.6) is 0 Å². The average molecular weight is 191 g/mol. The third-order valence-corrected chi connectivity index (χ3v) is 3.79. The second kappa shape index (κ2) is 3.07. The summed E-state index contributed by atoms with van der Waals surface area (Å²) in [4.78, 5) is 0. The lowest BCUT2D eigenvalue weighted by Crippen LogP contribution is -2.07. The van der Waals surface area contributed by atoms with Gasteiger partial charge >= 0.3 is 0 Å². The monoisotopic (exact) mass is 191 g/mol. The van der Waals surface area contributed by atoms with E-state index in [4.69, 9.17) is 0 Å². The maximum Gasteiger partial charge on any atom is 0.0859 e. The number of fused-ring (bicyclic) bond motifs is 2. The van der Waals surface area contributed by atoms with E-state index in [-0.39, 0.29) is 0 Å². The van der Waals surface area contributed by atoms with Gasteiger partial charge in [0.15, 0.2) is 0 Å². The number of hydrogen-bond donors (Lipinski definition) is 0. The van der Waals surface area contributed by atoms with E-state index in [1.165, 1.54) is 37.1 Å². The number of aryl methyl sites for hydroxylation is 2. The van der Waals surface area contributed by atoms with Crippen molar-refractivity contribution in [1.82, 2.24) is 15.0 Å². The van der Waals surface area contributed by atoms with Gasteiger partial charge in [-0.15, -0.1) is 5.10 Å². The lowest BCUT2D eigenvalue weighted by molar-refractivity contribution is 0.548. The molecule has 2 aliphatic rings. The normalized spacial score (nSPS) is 30.1. The molecule has 1 heterocycles. The molecule has 2 atom stereocenters. The highest BCUT2D eigenvalue weighted by atomic mass is 15.4. The fraction of sp³-hybridized carbons (Fsp3) is 0.818. The van der Waals surface area contributed by atoms with E-state index >= 15 is 0 Å². The fourth-order valence-electron chi connectivity index (χ4n) is 2.75. The molecule has 2 aliphatic carbocycles. The van der Waals surface area contributed by atoms with Crippen molar-refractivity contribution in [3.05, 3.63) is 11.4 Å². The zero-order chi connectivity index (χ0) is 9.54. The predicted molar refractivity (Wildman–Crippen MR) is 53.9 cm³/mol. The van der Waals surface area contributed by atoms with E-state index in [2.05, 4.69) is 21.9 Å². The first kappa shape index (κ1) is 8.45. The van der Waals surface area contributed by atoms with E-state index in [1.807, 2.05) is 0 Å². The van der Waals surface area contributed by atoms with Crippen LogP contribution in [0.25, 0.3) is 0 Å². The van der Waals surface area contributed by atoms with Crippen molar-refractivity contribution in [2.45, 2.75) is 45.6 Å². The number of aromatic nitrogens is 3. The standard InChI is InChI=1S/C11H17N3/c1-2-14-11-6-4-9-7-8(9)3-5-10(11)12-13-14/h8-9H,2-7H2,1H3/t8-,9+/m1/s1. The molecule has 76 valence electrons. The number of rotatable bonds is 1. The van der Waals surface area contributed by atoms with Gasteiger partial charge < -0.3 is 0 Å². The van der Waals surface area contributed by atoms with Gasteiger partial charge in [-0.05, 0) is 50.9 Å². The highest BCUT2D eigenvalue weighted by Gasteiger charge is 2.37. The Bertz CT molecular complexity index is 342. The summed E-state index contributed by atoms with van der Waals surface area (Å²) >= 11 is 0. The molecule has 0 aromatic carbocycles. The summed E-state index contributed by atoms with van der Waals surface area (Å²) in [5.41, 5.74) is 2.69. The Morgan fingerprint density at radius 1 is 1.29 bits per heavy atom. The van der Waals surface area contributed by atoms with Crippen molar-refractivity contribution < 1.29 is 0 Å². The molecule has 0 spiro atoms. The molecule has 0 saturated heterocycles. The Balaban J connectivity index is 1.89. The van der Waals surface area contributed by atoms with Gasteiger partial charge in [0.25, 0.3) is 0 Å². The van der Waals surface area contributed by atoms with Crippen LogP contribution in [-0.4, -0.2) is 15.0 Å². The quantitative estimate of drug-likeness (QED) is 0.678. The molecule has 3 rings (SSSR count). The minimum absolute atomic E-state index is 0.969.